The van der Waals surface area contributed by atoms with Crippen LogP contribution in [0.5, 0.6) is 0 Å². The van der Waals surface area contributed by atoms with E-state index in [0.29, 0.717) is 16.9 Å². The zero-order valence-electron chi connectivity index (χ0n) is 31.3. The van der Waals surface area contributed by atoms with Crippen LogP contribution in [-0.4, -0.2) is 104 Å². The van der Waals surface area contributed by atoms with Gasteiger partial charge in [0.2, 0.25) is 0 Å². The van der Waals surface area contributed by atoms with Crippen LogP contribution in [0.4, 0.5) is 9.59 Å². The number of rotatable bonds is 22. The van der Waals surface area contributed by atoms with E-state index in [4.69, 9.17) is 16.1 Å². The van der Waals surface area contributed by atoms with Crippen molar-refractivity contribution in [1.29, 1.82) is 0 Å². The van der Waals surface area contributed by atoms with Gasteiger partial charge in [0.15, 0.2) is 0 Å². The molecule has 4 rings (SSSR count). The van der Waals surface area contributed by atoms with Gasteiger partial charge in [-0.2, -0.15) is 34.0 Å². The van der Waals surface area contributed by atoms with E-state index in [9.17, 15) is 24.0 Å². The van der Waals surface area contributed by atoms with Crippen LogP contribution in [0.1, 0.15) is 136 Å². The number of unbranched alkanes of at least 4 members (excludes halogenated alkanes) is 8. The van der Waals surface area contributed by atoms with E-state index in [-0.39, 0.29) is 59.6 Å². The van der Waals surface area contributed by atoms with Crippen LogP contribution in [0.2, 0.25) is 0 Å². The Balaban J connectivity index is 0.000000266. The molecule has 0 bridgehead atoms. The van der Waals surface area contributed by atoms with Crippen molar-refractivity contribution in [2.24, 2.45) is 5.84 Å². The van der Waals surface area contributed by atoms with Crippen molar-refractivity contribution in [2.45, 2.75) is 171 Å². The van der Waals surface area contributed by atoms with E-state index in [2.05, 4.69) is 42.0 Å². The van der Waals surface area contributed by atoms with Gasteiger partial charge in [0.1, 0.15) is 13.1 Å². The van der Waals surface area contributed by atoms with Gasteiger partial charge in [-0.15, -0.1) is 0 Å². The highest BCUT2D eigenvalue weighted by atomic mass is 32.2. The fourth-order valence-electron chi connectivity index (χ4n) is 6.93. The van der Waals surface area contributed by atoms with Gasteiger partial charge in [-0.1, -0.05) is 59.3 Å². The number of carbonyl (C=O) groups is 5. The highest BCUT2D eigenvalue weighted by molar-refractivity contribution is 8.00. The maximum atomic E-state index is 12.4. The summed E-state index contributed by atoms with van der Waals surface area (Å²) in [4.78, 5) is 55.3. The van der Waals surface area contributed by atoms with Crippen molar-refractivity contribution >= 4 is 53.4 Å². The predicted octanol–water partition coefficient (Wildman–Crippen LogP) is 5.76. The van der Waals surface area contributed by atoms with Crippen molar-refractivity contribution < 1.29 is 38.8 Å². The Morgan fingerprint density at radius 3 is 1.41 bits per heavy atom. The quantitative estimate of drug-likeness (QED) is 0.0178. The molecule has 0 aromatic carbocycles. The zero-order valence-corrected chi connectivity index (χ0v) is 32.9. The monoisotopic (exact) mass is 759 g/mol. The van der Waals surface area contributed by atoms with Gasteiger partial charge in [0, 0.05) is 34.8 Å². The maximum absolute atomic E-state index is 12.4. The second-order valence-electron chi connectivity index (χ2n) is 14.3. The average molecular weight is 760 g/mol. The van der Waals surface area contributed by atoms with Crippen LogP contribution in [-0.2, 0) is 14.4 Å². The zero-order chi connectivity index (χ0) is 37.6. The number of carbonyl (C=O) groups excluding carboxylic acids is 3. The molecule has 294 valence electrons. The van der Waals surface area contributed by atoms with E-state index >= 15 is 0 Å². The Kier molecular flexibility index (Phi) is 21.9. The summed E-state index contributed by atoms with van der Waals surface area (Å²) in [7, 11) is 0. The SMILES string of the molecule is CCCCCC(=O)[N+](N)(CCCCC)CCCCC.O=C(O)CCCC[C@@H]1SC[C@@H]2NC(=O)N[C@@H]21.O=C(O)CCCC[C@@H]1SC[C@@H]2NC(=O)N[C@@H]21. The van der Waals surface area contributed by atoms with Crippen LogP contribution in [0.25, 0.3) is 0 Å². The standard InChI is InChI=1S/C16H35N2O.2C10H16N2O3S/c1-4-7-10-13-16(19)18(17,14-11-8-5-2)15-12-9-6-3;2*13-8(14)4-2-1-3-7-9-6(5-16-7)11-10(15)12-9/h4-15,17H2,1-3H3;2*6-7,9H,1-5H2,(H,13,14)(H2,11,12,15)/q+1;;/t;2*6-,7-,9-/m.00/s1. The third-order valence-electron chi connectivity index (χ3n) is 9.95. The number of aliphatic carboxylic acids is 2. The molecule has 0 aromatic heterocycles. The van der Waals surface area contributed by atoms with Gasteiger partial charge in [-0.25, -0.2) is 14.4 Å². The first-order chi connectivity index (χ1) is 24.4. The lowest BCUT2D eigenvalue weighted by Crippen LogP contribution is -2.59. The number of quaternary nitrogens is 1. The Morgan fingerprint density at radius 2 is 1.02 bits per heavy atom. The highest BCUT2D eigenvalue weighted by Gasteiger charge is 2.43. The number of hydrogen-bond donors (Lipinski definition) is 7. The highest BCUT2D eigenvalue weighted by Crippen LogP contribution is 2.34. The summed E-state index contributed by atoms with van der Waals surface area (Å²) in [5.74, 6) is 7.12. The minimum absolute atomic E-state index is 0.0640. The molecular formula is C36H67N6O7S2+. The fraction of sp³-hybridized carbons (Fsp3) is 0.861. The molecule has 4 fully saturated rings. The summed E-state index contributed by atoms with van der Waals surface area (Å²) in [5.41, 5.74) is 0. The van der Waals surface area contributed by atoms with Gasteiger partial charge in [-0.3, -0.25) is 9.59 Å². The molecule has 4 aliphatic heterocycles. The van der Waals surface area contributed by atoms with E-state index in [1.165, 1.54) is 25.7 Å². The van der Waals surface area contributed by atoms with Crippen molar-refractivity contribution in [3.05, 3.63) is 0 Å². The van der Waals surface area contributed by atoms with Crippen molar-refractivity contribution in [2.75, 3.05) is 24.6 Å². The second kappa shape index (κ2) is 24.9. The number of nitrogens with zero attached hydrogens (tertiary/aromatic N) is 1. The normalized spacial score (nSPS) is 24.5. The molecule has 0 aliphatic carbocycles. The molecule has 5 amide bonds. The molecule has 8 N–H and O–H groups in total. The molecule has 4 aliphatic rings. The molecule has 0 aromatic rings. The first-order valence-electron chi connectivity index (χ1n) is 19.4. The number of amides is 5. The predicted molar refractivity (Wildman–Crippen MR) is 206 cm³/mol. The van der Waals surface area contributed by atoms with Crippen LogP contribution in [0.15, 0.2) is 0 Å². The van der Waals surface area contributed by atoms with Gasteiger partial charge in [-0.05, 0) is 57.8 Å². The topological polar surface area (TPSA) is 200 Å². The van der Waals surface area contributed by atoms with Crippen molar-refractivity contribution in [3.8, 4) is 0 Å². The Hall–Kier alpha value is -2.23. The Labute approximate surface area is 314 Å². The molecule has 0 radical (unpaired) electrons. The lowest BCUT2D eigenvalue weighted by atomic mass is 10.0. The van der Waals surface area contributed by atoms with Crippen LogP contribution in [0.3, 0.4) is 0 Å². The summed E-state index contributed by atoms with van der Waals surface area (Å²) in [6.07, 6.45) is 16.5. The summed E-state index contributed by atoms with van der Waals surface area (Å²) >= 11 is 3.74. The van der Waals surface area contributed by atoms with Crippen molar-refractivity contribution in [1.82, 2.24) is 21.3 Å². The van der Waals surface area contributed by atoms with Crippen LogP contribution < -0.4 is 27.1 Å². The summed E-state index contributed by atoms with van der Waals surface area (Å²) < 4.78 is 0.184. The minimum Gasteiger partial charge on any atom is -0.481 e. The number of hydrogen-bond acceptors (Lipinski definition) is 8. The van der Waals surface area contributed by atoms with Gasteiger partial charge < -0.3 is 31.5 Å². The van der Waals surface area contributed by atoms with Crippen molar-refractivity contribution in [3.63, 3.8) is 0 Å². The van der Waals surface area contributed by atoms with E-state index in [1.807, 2.05) is 23.5 Å². The second-order valence-corrected chi connectivity index (χ2v) is 16.8. The molecule has 13 nitrogen and oxygen atoms in total. The Morgan fingerprint density at radius 1 is 0.627 bits per heavy atom. The number of fused-ring (bicyclic) bond motifs is 2. The minimum atomic E-state index is -0.729. The molecule has 0 saturated carbocycles. The van der Waals surface area contributed by atoms with Crippen LogP contribution >= 0.6 is 23.5 Å². The molecule has 0 spiro atoms. The average Bonchev–Trinajstić information content (AvgIpc) is 3.84. The molecule has 15 heteroatoms. The maximum Gasteiger partial charge on any atom is 0.332 e. The third-order valence-corrected chi connectivity index (χ3v) is 13.0. The third kappa shape index (κ3) is 17.0. The van der Waals surface area contributed by atoms with Crippen LogP contribution in [0, 0.1) is 0 Å². The lowest BCUT2D eigenvalue weighted by molar-refractivity contribution is -0.867. The van der Waals surface area contributed by atoms with Gasteiger partial charge in [0.05, 0.1) is 30.6 Å². The molecule has 51 heavy (non-hydrogen) atoms. The largest absolute Gasteiger partial charge is 0.481 e. The number of nitrogens with two attached hydrogens (primary N) is 1. The molecule has 4 heterocycles. The van der Waals surface area contributed by atoms with Gasteiger partial charge in [0.25, 0.3) is 0 Å². The number of thioether (sulfide) groups is 2. The number of nitrogens with one attached hydrogen (secondary N) is 4. The fourth-order valence-corrected chi connectivity index (χ4v) is 10.0. The van der Waals surface area contributed by atoms with E-state index in [0.717, 1.165) is 95.2 Å². The summed E-state index contributed by atoms with van der Waals surface area (Å²) in [6, 6.07) is 0.880. The Bertz CT molecular complexity index is 1020. The number of carboxylic acids is 2. The van der Waals surface area contributed by atoms with Gasteiger partial charge >= 0.3 is 29.9 Å². The summed E-state index contributed by atoms with van der Waals surface area (Å²) in [5, 5.41) is 29.6. The van der Waals surface area contributed by atoms with E-state index < -0.39 is 11.9 Å². The first-order valence-corrected chi connectivity index (χ1v) is 21.5. The lowest BCUT2D eigenvalue weighted by Gasteiger charge is -2.30. The molecule has 4 saturated heterocycles. The number of urea groups is 2. The van der Waals surface area contributed by atoms with E-state index in [1.54, 1.807) is 0 Å². The number of carboxylic acid groups (broad SMARTS) is 2. The molecule has 0 unspecified atom stereocenters. The molecule has 6 atom stereocenters. The first kappa shape index (κ1) is 44.9. The summed E-state index contributed by atoms with van der Waals surface area (Å²) in [6.45, 7) is 8.18. The molecular weight excluding hydrogens is 693 g/mol. The smallest absolute Gasteiger partial charge is 0.332 e.